The second-order valence-electron chi connectivity index (χ2n) is 5.31. The molecule has 1 aromatic heterocycles. The van der Waals surface area contributed by atoms with Crippen LogP contribution in [-0.2, 0) is 13.5 Å². The lowest BCUT2D eigenvalue weighted by atomic mass is 10.0. The monoisotopic (exact) mass is 315 g/mol. The van der Waals surface area contributed by atoms with E-state index in [0.717, 1.165) is 16.0 Å². The first-order valence-electron chi connectivity index (χ1n) is 7.22. The van der Waals surface area contributed by atoms with Gasteiger partial charge in [-0.1, -0.05) is 12.1 Å². The lowest BCUT2D eigenvalue weighted by Crippen LogP contribution is -2.43. The van der Waals surface area contributed by atoms with Crippen LogP contribution in [0.15, 0.2) is 35.1 Å². The van der Waals surface area contributed by atoms with Crippen LogP contribution in [0, 0.1) is 0 Å². The largest absolute Gasteiger partial charge is 0.493 e. The molecule has 1 unspecified atom stereocenters. The summed E-state index contributed by atoms with van der Waals surface area (Å²) in [5, 5.41) is 6.82. The van der Waals surface area contributed by atoms with Gasteiger partial charge in [0.25, 0.3) is 11.5 Å². The highest BCUT2D eigenvalue weighted by Crippen LogP contribution is 2.34. The summed E-state index contributed by atoms with van der Waals surface area (Å²) >= 11 is 0. The van der Waals surface area contributed by atoms with Crippen molar-refractivity contribution in [3.8, 4) is 11.5 Å². The topological polar surface area (TPSA) is 82.5 Å². The Morgan fingerprint density at radius 1 is 1.39 bits per heavy atom. The Morgan fingerprint density at radius 2 is 2.22 bits per heavy atom. The van der Waals surface area contributed by atoms with Crippen molar-refractivity contribution in [3.63, 3.8) is 0 Å². The van der Waals surface area contributed by atoms with Crippen molar-refractivity contribution in [2.75, 3.05) is 13.7 Å². The second kappa shape index (κ2) is 6.12. The summed E-state index contributed by atoms with van der Waals surface area (Å²) in [4.78, 5) is 23.6. The fourth-order valence-corrected chi connectivity index (χ4v) is 2.53. The predicted molar refractivity (Wildman–Crippen MR) is 82.9 cm³/mol. The molecule has 120 valence electrons. The van der Waals surface area contributed by atoms with Crippen LogP contribution in [0.2, 0.25) is 0 Å². The molecule has 1 amide bonds. The van der Waals surface area contributed by atoms with Gasteiger partial charge in [-0.25, -0.2) is 4.68 Å². The van der Waals surface area contributed by atoms with Crippen molar-refractivity contribution in [2.45, 2.75) is 12.5 Å². The number of benzene rings is 1. The zero-order chi connectivity index (χ0) is 16.4. The van der Waals surface area contributed by atoms with Gasteiger partial charge >= 0.3 is 0 Å². The Kier molecular flexibility index (Phi) is 4.01. The number of nitrogens with zero attached hydrogens (tertiary/aromatic N) is 2. The van der Waals surface area contributed by atoms with Crippen LogP contribution in [-0.4, -0.2) is 35.4 Å². The van der Waals surface area contributed by atoms with Crippen molar-refractivity contribution >= 4 is 5.91 Å². The average molecular weight is 315 g/mol. The van der Waals surface area contributed by atoms with Gasteiger partial charge in [0.2, 0.25) is 0 Å². The van der Waals surface area contributed by atoms with Gasteiger partial charge in [-0.05, 0) is 18.6 Å². The SMILES string of the molecule is COc1cccc2c1OCC(NC(=O)c1ccc(=O)n(C)n1)C2. The molecule has 1 atom stereocenters. The molecule has 2 aromatic rings. The lowest BCUT2D eigenvalue weighted by molar-refractivity contribution is 0.0907. The van der Waals surface area contributed by atoms with E-state index in [-0.39, 0.29) is 23.2 Å². The van der Waals surface area contributed by atoms with E-state index in [0.29, 0.717) is 18.8 Å². The molecule has 1 aromatic carbocycles. The highest BCUT2D eigenvalue weighted by Gasteiger charge is 2.24. The molecular formula is C16H17N3O4. The number of hydrogen-bond acceptors (Lipinski definition) is 5. The number of carbonyl (C=O) groups is 1. The third-order valence-corrected chi connectivity index (χ3v) is 3.70. The molecule has 0 radical (unpaired) electrons. The standard InChI is InChI=1S/C16H17N3O4/c1-19-14(20)7-6-12(18-19)16(21)17-11-8-10-4-3-5-13(22-2)15(10)23-9-11/h3-7,11H,8-9H2,1-2H3,(H,17,21). The van der Waals surface area contributed by atoms with Gasteiger partial charge < -0.3 is 14.8 Å². The van der Waals surface area contributed by atoms with E-state index in [1.807, 2.05) is 18.2 Å². The number of carbonyl (C=O) groups excluding carboxylic acids is 1. The van der Waals surface area contributed by atoms with Crippen LogP contribution in [0.1, 0.15) is 16.1 Å². The van der Waals surface area contributed by atoms with Gasteiger partial charge in [-0.15, -0.1) is 0 Å². The number of amides is 1. The lowest BCUT2D eigenvalue weighted by Gasteiger charge is -2.27. The zero-order valence-electron chi connectivity index (χ0n) is 12.9. The van der Waals surface area contributed by atoms with Gasteiger partial charge in [0, 0.05) is 18.7 Å². The van der Waals surface area contributed by atoms with Gasteiger partial charge in [-0.2, -0.15) is 5.10 Å². The number of para-hydroxylation sites is 1. The minimum atomic E-state index is -0.333. The maximum Gasteiger partial charge on any atom is 0.272 e. The highest BCUT2D eigenvalue weighted by molar-refractivity contribution is 5.92. The molecule has 23 heavy (non-hydrogen) atoms. The van der Waals surface area contributed by atoms with Gasteiger partial charge in [0.1, 0.15) is 12.3 Å². The molecule has 1 aliphatic heterocycles. The van der Waals surface area contributed by atoms with E-state index in [4.69, 9.17) is 9.47 Å². The summed E-state index contributed by atoms with van der Waals surface area (Å²) in [7, 11) is 3.10. The Bertz CT molecular complexity index is 800. The number of fused-ring (bicyclic) bond motifs is 1. The molecule has 0 saturated heterocycles. The van der Waals surface area contributed by atoms with Gasteiger partial charge in [0.15, 0.2) is 11.5 Å². The van der Waals surface area contributed by atoms with E-state index >= 15 is 0 Å². The Hall–Kier alpha value is -2.83. The molecule has 1 N–H and O–H groups in total. The van der Waals surface area contributed by atoms with Gasteiger partial charge in [0.05, 0.1) is 13.2 Å². The van der Waals surface area contributed by atoms with Crippen molar-refractivity contribution in [2.24, 2.45) is 7.05 Å². The molecule has 2 heterocycles. The van der Waals surface area contributed by atoms with E-state index < -0.39 is 0 Å². The maximum absolute atomic E-state index is 12.2. The fourth-order valence-electron chi connectivity index (χ4n) is 2.53. The number of methoxy groups -OCH3 is 1. The predicted octanol–water partition coefficient (Wildman–Crippen LogP) is 0.522. The van der Waals surface area contributed by atoms with Crippen LogP contribution < -0.4 is 20.3 Å². The van der Waals surface area contributed by atoms with E-state index in [9.17, 15) is 9.59 Å². The molecule has 0 saturated carbocycles. The smallest absolute Gasteiger partial charge is 0.272 e. The highest BCUT2D eigenvalue weighted by atomic mass is 16.5. The number of aromatic nitrogens is 2. The van der Waals surface area contributed by atoms with Crippen LogP contribution in [0.25, 0.3) is 0 Å². The van der Waals surface area contributed by atoms with Gasteiger partial charge in [-0.3, -0.25) is 9.59 Å². The Balaban J connectivity index is 1.73. The van der Waals surface area contributed by atoms with E-state index in [1.165, 1.54) is 19.2 Å². The van der Waals surface area contributed by atoms with Crippen LogP contribution in [0.3, 0.4) is 0 Å². The normalized spacial score (nSPS) is 16.2. The Morgan fingerprint density at radius 3 is 2.96 bits per heavy atom. The first-order valence-corrected chi connectivity index (χ1v) is 7.22. The number of hydrogen-bond donors (Lipinski definition) is 1. The van der Waals surface area contributed by atoms with Crippen molar-refractivity contribution in [1.82, 2.24) is 15.1 Å². The number of nitrogens with one attached hydrogen (secondary N) is 1. The average Bonchev–Trinajstić information content (AvgIpc) is 2.56. The molecule has 7 nitrogen and oxygen atoms in total. The second-order valence-corrected chi connectivity index (χ2v) is 5.31. The summed E-state index contributed by atoms with van der Waals surface area (Å²) in [5.41, 5.74) is 0.918. The van der Waals surface area contributed by atoms with E-state index in [1.54, 1.807) is 7.11 Å². The van der Waals surface area contributed by atoms with E-state index in [2.05, 4.69) is 10.4 Å². The summed E-state index contributed by atoms with van der Waals surface area (Å²) in [6.45, 7) is 0.352. The number of aryl methyl sites for hydroxylation is 1. The van der Waals surface area contributed by atoms with Crippen LogP contribution in [0.4, 0.5) is 0 Å². The summed E-state index contributed by atoms with van der Waals surface area (Å²) < 4.78 is 12.1. The van der Waals surface area contributed by atoms with Crippen molar-refractivity contribution in [3.05, 3.63) is 51.9 Å². The quantitative estimate of drug-likeness (QED) is 0.893. The van der Waals surface area contributed by atoms with Crippen molar-refractivity contribution < 1.29 is 14.3 Å². The molecule has 7 heteroatoms. The summed E-state index contributed by atoms with van der Waals surface area (Å²) in [6.07, 6.45) is 0.643. The zero-order valence-corrected chi connectivity index (χ0v) is 12.9. The first-order chi connectivity index (χ1) is 11.1. The maximum atomic E-state index is 12.2. The molecular weight excluding hydrogens is 298 g/mol. The van der Waals surface area contributed by atoms with Crippen LogP contribution >= 0.6 is 0 Å². The molecule has 0 spiro atoms. The molecule has 0 bridgehead atoms. The van der Waals surface area contributed by atoms with Crippen LogP contribution in [0.5, 0.6) is 11.5 Å². The molecule has 1 aliphatic rings. The van der Waals surface area contributed by atoms with Crippen molar-refractivity contribution in [1.29, 1.82) is 0 Å². The number of rotatable bonds is 3. The molecule has 0 fully saturated rings. The third kappa shape index (κ3) is 3.03. The number of ether oxygens (including phenoxy) is 2. The molecule has 0 aliphatic carbocycles. The minimum absolute atomic E-state index is 0.166. The molecule has 3 rings (SSSR count). The third-order valence-electron chi connectivity index (χ3n) is 3.70. The summed E-state index contributed by atoms with van der Waals surface area (Å²) in [6, 6.07) is 8.24. The summed E-state index contributed by atoms with van der Waals surface area (Å²) in [5.74, 6) is 1.08. The fraction of sp³-hybridized carbons (Fsp3) is 0.312. The Labute approximate surface area is 132 Å². The minimum Gasteiger partial charge on any atom is -0.493 e. The first kappa shape index (κ1) is 15.1.